The van der Waals surface area contributed by atoms with Gasteiger partial charge in [-0.1, -0.05) is 6.42 Å². The normalized spacial score (nSPS) is 30.1. The number of nitrogens with zero attached hydrogens (tertiary/aromatic N) is 1. The molecule has 20 heavy (non-hydrogen) atoms. The third kappa shape index (κ3) is 3.94. The maximum Gasteiger partial charge on any atom is 0.451 e. The van der Waals surface area contributed by atoms with Gasteiger partial charge in [-0.15, -0.1) is 0 Å². The van der Waals surface area contributed by atoms with E-state index in [1.165, 1.54) is 7.11 Å². The first kappa shape index (κ1) is 15.8. The molecule has 0 radical (unpaired) electrons. The monoisotopic (exact) mass is 284 g/mol. The molecule has 114 valence electrons. The number of unbranched alkanes of at least 4 members (excludes halogenated alkanes) is 1. The van der Waals surface area contributed by atoms with Crippen molar-refractivity contribution >= 4 is 13.1 Å². The van der Waals surface area contributed by atoms with Crippen LogP contribution in [0.3, 0.4) is 0 Å². The molecule has 0 bridgehead atoms. The highest BCUT2D eigenvalue weighted by molar-refractivity contribution is 6.40. The fourth-order valence-electron chi connectivity index (χ4n) is 3.43. The molecule has 1 saturated heterocycles. The molecule has 1 heterocycles. The number of hydrogen-bond acceptors (Lipinski definition) is 6. The smallest absolute Gasteiger partial charge is 0.451 e. The molecule has 3 unspecified atom stereocenters. The molecule has 2 rings (SSSR count). The molecule has 2 aliphatic rings. The zero-order valence-electron chi connectivity index (χ0n) is 12.1. The molecule has 0 amide bonds. The van der Waals surface area contributed by atoms with Gasteiger partial charge >= 0.3 is 13.1 Å². The van der Waals surface area contributed by atoms with E-state index in [0.717, 1.165) is 45.3 Å². The molecule has 1 aliphatic heterocycles. The molecule has 0 spiro atoms. The van der Waals surface area contributed by atoms with Crippen molar-refractivity contribution in [2.75, 3.05) is 20.3 Å². The minimum Gasteiger partial charge on any atom is -0.469 e. The Morgan fingerprint density at radius 2 is 2.20 bits per heavy atom. The molecule has 3 atom stereocenters. The summed E-state index contributed by atoms with van der Waals surface area (Å²) in [6, 6.07) is 0.895. The summed E-state index contributed by atoms with van der Waals surface area (Å²) in [4.78, 5) is 14.0. The van der Waals surface area contributed by atoms with Crippen LogP contribution in [0.15, 0.2) is 0 Å². The Morgan fingerprint density at radius 3 is 2.90 bits per heavy atom. The van der Waals surface area contributed by atoms with Gasteiger partial charge in [0.2, 0.25) is 0 Å². The van der Waals surface area contributed by atoms with Gasteiger partial charge in [-0.3, -0.25) is 15.0 Å². The van der Waals surface area contributed by atoms with Gasteiger partial charge in [-0.2, -0.15) is 0 Å². The van der Waals surface area contributed by atoms with Gasteiger partial charge < -0.3 is 14.8 Å². The van der Waals surface area contributed by atoms with E-state index in [2.05, 4.69) is 10.2 Å². The molecule has 0 aromatic rings. The van der Waals surface area contributed by atoms with Crippen LogP contribution in [-0.2, 0) is 9.53 Å². The molecule has 7 heteroatoms. The van der Waals surface area contributed by atoms with E-state index < -0.39 is 7.12 Å². The van der Waals surface area contributed by atoms with Crippen molar-refractivity contribution in [3.05, 3.63) is 0 Å². The molecule has 0 aromatic carbocycles. The summed E-state index contributed by atoms with van der Waals surface area (Å²) < 4.78 is 4.84. The lowest BCUT2D eigenvalue weighted by Gasteiger charge is -2.33. The number of methoxy groups -OCH3 is 1. The number of fused-ring (bicyclic) bond motifs is 1. The Hall–Kier alpha value is -0.625. The second kappa shape index (κ2) is 7.40. The van der Waals surface area contributed by atoms with Crippen LogP contribution in [0.5, 0.6) is 0 Å². The van der Waals surface area contributed by atoms with E-state index in [9.17, 15) is 4.79 Å². The zero-order chi connectivity index (χ0) is 14.5. The Balaban J connectivity index is 1.73. The average molecular weight is 284 g/mol. The molecule has 1 saturated carbocycles. The Kier molecular flexibility index (Phi) is 5.83. The lowest BCUT2D eigenvalue weighted by molar-refractivity contribution is -0.147. The maximum atomic E-state index is 11.6. The second-order valence-electron chi connectivity index (χ2n) is 5.86. The van der Waals surface area contributed by atoms with E-state index in [1.54, 1.807) is 0 Å². The summed E-state index contributed by atoms with van der Waals surface area (Å²) in [6.45, 7) is 1.84. The van der Waals surface area contributed by atoms with Crippen LogP contribution in [-0.4, -0.2) is 60.4 Å². The highest BCUT2D eigenvalue weighted by Crippen LogP contribution is 2.31. The van der Waals surface area contributed by atoms with Crippen LogP contribution in [0.25, 0.3) is 0 Å². The molecular formula is C13H25BN2O4. The fourth-order valence-corrected chi connectivity index (χ4v) is 3.43. The van der Waals surface area contributed by atoms with Crippen LogP contribution in [0.4, 0.5) is 0 Å². The van der Waals surface area contributed by atoms with Crippen molar-refractivity contribution in [1.29, 1.82) is 0 Å². The van der Waals surface area contributed by atoms with E-state index in [4.69, 9.17) is 14.8 Å². The first-order valence-electron chi connectivity index (χ1n) is 7.53. The number of ether oxygens (including phenoxy) is 1. The predicted octanol–water partition coefficient (Wildman–Crippen LogP) is -0.188. The fraction of sp³-hybridized carbons (Fsp3) is 0.923. The largest absolute Gasteiger partial charge is 0.469 e. The summed E-state index contributed by atoms with van der Waals surface area (Å²) in [7, 11) is 0.271. The lowest BCUT2D eigenvalue weighted by atomic mass is 9.82. The highest BCUT2D eigenvalue weighted by Gasteiger charge is 2.40. The van der Waals surface area contributed by atoms with Gasteiger partial charge in [0.25, 0.3) is 0 Å². The third-order valence-corrected chi connectivity index (χ3v) is 4.53. The van der Waals surface area contributed by atoms with Crippen molar-refractivity contribution in [1.82, 2.24) is 10.2 Å². The third-order valence-electron chi connectivity index (χ3n) is 4.53. The van der Waals surface area contributed by atoms with Crippen molar-refractivity contribution < 1.29 is 19.6 Å². The standard InChI is InChI=1S/C13H25BN2O4/c1-20-13(17)10-4-5-12-11(8-10)15-9-16(12)7-3-2-6-14(18)19/h10-12,15,18-19H,2-9H2,1H3. The van der Waals surface area contributed by atoms with Gasteiger partial charge in [0.05, 0.1) is 13.0 Å². The first-order valence-corrected chi connectivity index (χ1v) is 7.53. The van der Waals surface area contributed by atoms with Gasteiger partial charge in [0, 0.05) is 18.8 Å². The Morgan fingerprint density at radius 1 is 1.40 bits per heavy atom. The van der Waals surface area contributed by atoms with Crippen LogP contribution < -0.4 is 5.32 Å². The number of carbonyl (C=O) groups excluding carboxylic acids is 1. The van der Waals surface area contributed by atoms with E-state index >= 15 is 0 Å². The summed E-state index contributed by atoms with van der Waals surface area (Å²) in [5, 5.41) is 21.1. The van der Waals surface area contributed by atoms with Gasteiger partial charge in [0.1, 0.15) is 0 Å². The van der Waals surface area contributed by atoms with E-state index in [0.29, 0.717) is 18.4 Å². The Bertz CT molecular complexity index is 329. The second-order valence-corrected chi connectivity index (χ2v) is 5.86. The van der Waals surface area contributed by atoms with Gasteiger partial charge in [-0.05, 0) is 38.5 Å². The SMILES string of the molecule is COC(=O)C1CCC2C(C1)NCN2CCCCB(O)O. The van der Waals surface area contributed by atoms with Crippen LogP contribution in [0.1, 0.15) is 32.1 Å². The summed E-state index contributed by atoms with van der Waals surface area (Å²) in [6.07, 6.45) is 5.05. The average Bonchev–Trinajstić information content (AvgIpc) is 2.84. The first-order chi connectivity index (χ1) is 9.61. The topological polar surface area (TPSA) is 82.0 Å². The van der Waals surface area contributed by atoms with Crippen molar-refractivity contribution in [3.8, 4) is 0 Å². The maximum absolute atomic E-state index is 11.6. The Labute approximate surface area is 120 Å². The van der Waals surface area contributed by atoms with Crippen molar-refractivity contribution in [2.24, 2.45) is 5.92 Å². The highest BCUT2D eigenvalue weighted by atomic mass is 16.5. The predicted molar refractivity (Wildman–Crippen MR) is 75.9 cm³/mol. The summed E-state index contributed by atoms with van der Waals surface area (Å²) in [5.74, 6) is -0.0427. The van der Waals surface area contributed by atoms with Gasteiger partial charge in [-0.25, -0.2) is 0 Å². The van der Waals surface area contributed by atoms with E-state index in [1.807, 2.05) is 0 Å². The number of rotatable bonds is 6. The summed E-state index contributed by atoms with van der Waals surface area (Å²) >= 11 is 0. The molecule has 1 aliphatic carbocycles. The molecule has 3 N–H and O–H groups in total. The molecule has 6 nitrogen and oxygen atoms in total. The zero-order valence-corrected chi connectivity index (χ0v) is 12.1. The minimum atomic E-state index is -1.19. The van der Waals surface area contributed by atoms with Gasteiger partial charge in [0.15, 0.2) is 0 Å². The van der Waals surface area contributed by atoms with Crippen LogP contribution >= 0.6 is 0 Å². The molecular weight excluding hydrogens is 259 g/mol. The number of esters is 1. The summed E-state index contributed by atoms with van der Waals surface area (Å²) in [5.41, 5.74) is 0. The van der Waals surface area contributed by atoms with Crippen molar-refractivity contribution in [3.63, 3.8) is 0 Å². The lowest BCUT2D eigenvalue weighted by Crippen LogP contribution is -2.43. The van der Waals surface area contributed by atoms with Crippen molar-refractivity contribution in [2.45, 2.75) is 50.5 Å². The van der Waals surface area contributed by atoms with E-state index in [-0.39, 0.29) is 11.9 Å². The number of hydrogen-bond donors (Lipinski definition) is 3. The van der Waals surface area contributed by atoms with Crippen LogP contribution in [0, 0.1) is 5.92 Å². The minimum absolute atomic E-state index is 0.0400. The van der Waals surface area contributed by atoms with Crippen LogP contribution in [0.2, 0.25) is 6.32 Å². The molecule has 0 aromatic heterocycles. The quantitative estimate of drug-likeness (QED) is 0.356. The molecule has 2 fully saturated rings. The number of nitrogens with one attached hydrogen (secondary N) is 1. The number of carbonyl (C=O) groups is 1.